The Bertz CT molecular complexity index is 3280. The van der Waals surface area contributed by atoms with Crippen LogP contribution in [0.25, 0.3) is 109 Å². The van der Waals surface area contributed by atoms with E-state index in [4.69, 9.17) is 9.97 Å². The van der Waals surface area contributed by atoms with Gasteiger partial charge in [0.25, 0.3) is 0 Å². The molecule has 54 heavy (non-hydrogen) atoms. The number of benzene rings is 8. The van der Waals surface area contributed by atoms with Gasteiger partial charge in [-0.25, -0.2) is 0 Å². The summed E-state index contributed by atoms with van der Waals surface area (Å²) in [6.07, 6.45) is 3.77. The highest BCUT2D eigenvalue weighted by Gasteiger charge is 2.17. The highest BCUT2D eigenvalue weighted by atomic mass is 15.0. The first kappa shape index (κ1) is 29.3. The zero-order valence-electron chi connectivity index (χ0n) is 29.1. The molecule has 12 rings (SSSR count). The molecule has 0 saturated heterocycles. The van der Waals surface area contributed by atoms with Gasteiger partial charge >= 0.3 is 0 Å². The van der Waals surface area contributed by atoms with Gasteiger partial charge < -0.3 is 9.13 Å². The lowest BCUT2D eigenvalue weighted by atomic mass is 10.0. The number of nitrogens with zero attached hydrogens (tertiary/aromatic N) is 4. The van der Waals surface area contributed by atoms with E-state index in [1.165, 1.54) is 65.5 Å². The van der Waals surface area contributed by atoms with E-state index in [1.54, 1.807) is 0 Å². The van der Waals surface area contributed by atoms with Gasteiger partial charge in [-0.2, -0.15) is 0 Å². The molecule has 12 aromatic rings. The van der Waals surface area contributed by atoms with Gasteiger partial charge in [-0.05, 0) is 94.7 Å². The van der Waals surface area contributed by atoms with Gasteiger partial charge in [0.05, 0.1) is 33.1 Å². The molecule has 4 heterocycles. The van der Waals surface area contributed by atoms with E-state index in [1.807, 2.05) is 24.5 Å². The highest BCUT2D eigenvalue weighted by molar-refractivity contribution is 6.14. The third-order valence-corrected chi connectivity index (χ3v) is 11.3. The predicted molar refractivity (Wildman–Crippen MR) is 226 cm³/mol. The minimum Gasteiger partial charge on any atom is -0.309 e. The zero-order valence-corrected chi connectivity index (χ0v) is 29.1. The predicted octanol–water partition coefficient (Wildman–Crippen LogP) is 13.0. The van der Waals surface area contributed by atoms with Gasteiger partial charge in [0, 0.05) is 66.9 Å². The highest BCUT2D eigenvalue weighted by Crippen LogP contribution is 2.39. The van der Waals surface area contributed by atoms with Crippen molar-refractivity contribution in [1.29, 1.82) is 0 Å². The maximum atomic E-state index is 4.77. The number of fused-ring (bicyclic) bond motifs is 12. The van der Waals surface area contributed by atoms with Crippen LogP contribution in [0.2, 0.25) is 0 Å². The third-order valence-electron chi connectivity index (χ3n) is 11.3. The van der Waals surface area contributed by atoms with E-state index in [0.29, 0.717) is 0 Å². The normalized spacial score (nSPS) is 12.1. The summed E-state index contributed by atoms with van der Waals surface area (Å²) in [6.45, 7) is 0. The van der Waals surface area contributed by atoms with Gasteiger partial charge in [0.15, 0.2) is 0 Å². The Morgan fingerprint density at radius 2 is 0.722 bits per heavy atom. The fourth-order valence-electron chi connectivity index (χ4n) is 8.84. The SMILES string of the molecule is c1cnc2c(c1)ccc1ccc(-n3c4ccccc4c4cc(-c5ccc6c(c5)c5ccccc5n6-c5ccc6ccc7cccnc7c6c5)ccc43)cc12. The molecule has 4 aromatic heterocycles. The number of hydrogen-bond donors (Lipinski definition) is 0. The Kier molecular flexibility index (Phi) is 6.02. The molecule has 4 nitrogen and oxygen atoms in total. The smallest absolute Gasteiger partial charge is 0.0781 e. The zero-order chi connectivity index (χ0) is 35.3. The third kappa shape index (κ3) is 4.19. The molecule has 0 N–H and O–H groups in total. The number of hydrogen-bond acceptors (Lipinski definition) is 2. The van der Waals surface area contributed by atoms with E-state index >= 15 is 0 Å². The molecule has 250 valence electrons. The summed E-state index contributed by atoms with van der Waals surface area (Å²) in [4.78, 5) is 9.54. The molecule has 0 atom stereocenters. The molecule has 0 saturated carbocycles. The number of rotatable bonds is 3. The number of pyridine rings is 2. The molecule has 0 aliphatic rings. The average Bonchev–Trinajstić information content (AvgIpc) is 3.75. The van der Waals surface area contributed by atoms with Crippen LogP contribution < -0.4 is 0 Å². The molecule has 0 aliphatic heterocycles. The van der Waals surface area contributed by atoms with Crippen molar-refractivity contribution in [2.45, 2.75) is 0 Å². The standard InChI is InChI=1S/C50H30N4/c1-3-11-45-39(9-1)43-27-35(19-23-47(43)53(45)37-21-17-31-13-15-33-7-5-25-51-49(33)41(31)29-37)36-20-24-48-44(28-36)40-10-2-4-12-46(40)54(48)38-22-18-32-14-16-34-8-6-26-52-50(34)42(32)30-38/h1-30H. The minimum absolute atomic E-state index is 1.03. The van der Waals surface area contributed by atoms with Crippen LogP contribution in [-0.4, -0.2) is 19.1 Å². The van der Waals surface area contributed by atoms with Crippen molar-refractivity contribution in [1.82, 2.24) is 19.1 Å². The van der Waals surface area contributed by atoms with Crippen LogP contribution in [0.3, 0.4) is 0 Å². The summed E-state index contributed by atoms with van der Waals surface area (Å²) < 4.78 is 4.80. The lowest BCUT2D eigenvalue weighted by Crippen LogP contribution is -1.94. The quantitative estimate of drug-likeness (QED) is 0.173. The fraction of sp³-hybridized carbons (Fsp3) is 0. The van der Waals surface area contributed by atoms with Crippen LogP contribution in [0.15, 0.2) is 182 Å². The van der Waals surface area contributed by atoms with Crippen molar-refractivity contribution in [3.63, 3.8) is 0 Å². The van der Waals surface area contributed by atoms with Gasteiger partial charge in [0.2, 0.25) is 0 Å². The van der Waals surface area contributed by atoms with Crippen molar-refractivity contribution >= 4 is 87.0 Å². The van der Waals surface area contributed by atoms with Gasteiger partial charge in [-0.1, -0.05) is 97.1 Å². The second-order valence-corrected chi connectivity index (χ2v) is 14.3. The Morgan fingerprint density at radius 1 is 0.296 bits per heavy atom. The summed E-state index contributed by atoms with van der Waals surface area (Å²) >= 11 is 0. The summed E-state index contributed by atoms with van der Waals surface area (Å²) in [6, 6.07) is 61.8. The molecule has 0 bridgehead atoms. The molecule has 0 unspecified atom stereocenters. The topological polar surface area (TPSA) is 35.6 Å². The molecular formula is C50H30N4. The Balaban J connectivity index is 1.03. The molecule has 4 heteroatoms. The van der Waals surface area contributed by atoms with Crippen molar-refractivity contribution in [3.05, 3.63) is 182 Å². The molecular weight excluding hydrogens is 657 g/mol. The molecule has 0 radical (unpaired) electrons. The van der Waals surface area contributed by atoms with E-state index < -0.39 is 0 Å². The minimum atomic E-state index is 1.03. The van der Waals surface area contributed by atoms with Crippen molar-refractivity contribution < 1.29 is 0 Å². The second-order valence-electron chi connectivity index (χ2n) is 14.3. The monoisotopic (exact) mass is 686 g/mol. The molecule has 8 aromatic carbocycles. The first-order valence-electron chi connectivity index (χ1n) is 18.4. The number of aromatic nitrogens is 4. The summed E-state index contributed by atoms with van der Waals surface area (Å²) in [7, 11) is 0. The maximum absolute atomic E-state index is 4.77. The van der Waals surface area contributed by atoms with Crippen molar-refractivity contribution in [2.24, 2.45) is 0 Å². The first-order chi connectivity index (χ1) is 26.8. The Morgan fingerprint density at radius 3 is 1.22 bits per heavy atom. The summed E-state index contributed by atoms with van der Waals surface area (Å²) in [5, 5.41) is 11.9. The molecule has 0 spiro atoms. The second kappa shape index (κ2) is 11.1. The Hall–Kier alpha value is -7.30. The first-order valence-corrected chi connectivity index (χ1v) is 18.4. The van der Waals surface area contributed by atoms with Crippen LogP contribution in [0, 0.1) is 0 Å². The van der Waals surface area contributed by atoms with Crippen molar-refractivity contribution in [2.75, 3.05) is 0 Å². The van der Waals surface area contributed by atoms with E-state index in [0.717, 1.165) is 44.0 Å². The van der Waals surface area contributed by atoms with E-state index in [-0.39, 0.29) is 0 Å². The lowest BCUT2D eigenvalue weighted by Gasteiger charge is -2.11. The van der Waals surface area contributed by atoms with Crippen LogP contribution in [0.1, 0.15) is 0 Å². The van der Waals surface area contributed by atoms with Crippen LogP contribution in [-0.2, 0) is 0 Å². The fourth-order valence-corrected chi connectivity index (χ4v) is 8.84. The van der Waals surface area contributed by atoms with E-state index in [2.05, 4.69) is 167 Å². The van der Waals surface area contributed by atoms with Crippen LogP contribution in [0.5, 0.6) is 0 Å². The maximum Gasteiger partial charge on any atom is 0.0781 e. The molecule has 0 amide bonds. The molecule has 0 fully saturated rings. The van der Waals surface area contributed by atoms with Crippen molar-refractivity contribution in [3.8, 4) is 22.5 Å². The average molecular weight is 687 g/mol. The van der Waals surface area contributed by atoms with Gasteiger partial charge in [0.1, 0.15) is 0 Å². The van der Waals surface area contributed by atoms with Gasteiger partial charge in [-0.15, -0.1) is 0 Å². The van der Waals surface area contributed by atoms with Crippen LogP contribution >= 0.6 is 0 Å². The largest absolute Gasteiger partial charge is 0.309 e. The Labute approximate surface area is 309 Å². The van der Waals surface area contributed by atoms with Crippen LogP contribution in [0.4, 0.5) is 0 Å². The number of para-hydroxylation sites is 2. The van der Waals surface area contributed by atoms with E-state index in [9.17, 15) is 0 Å². The lowest BCUT2D eigenvalue weighted by molar-refractivity contribution is 1.18. The molecule has 0 aliphatic carbocycles. The summed E-state index contributed by atoms with van der Waals surface area (Å²) in [5.74, 6) is 0. The van der Waals surface area contributed by atoms with Gasteiger partial charge in [-0.3, -0.25) is 9.97 Å². The summed E-state index contributed by atoms with van der Waals surface area (Å²) in [5.41, 5.74) is 11.5.